The van der Waals surface area contributed by atoms with E-state index in [1.54, 1.807) is 0 Å². The van der Waals surface area contributed by atoms with Gasteiger partial charge in [0.05, 0.1) is 13.2 Å². The van der Waals surface area contributed by atoms with Crippen LogP contribution < -0.4 is 0 Å². The molecule has 0 heterocycles. The van der Waals surface area contributed by atoms with Crippen LogP contribution in [0, 0.1) is 12.3 Å². The Labute approximate surface area is 109 Å². The fraction of sp³-hybridized carbons (Fsp3) is 0.750. The summed E-state index contributed by atoms with van der Waals surface area (Å²) >= 11 is 0. The zero-order chi connectivity index (χ0) is 13.9. The first kappa shape index (κ1) is 17.2. The first-order valence-corrected chi connectivity index (χ1v) is 7.64. The van der Waals surface area contributed by atoms with E-state index in [-0.39, 0.29) is 19.8 Å². The van der Waals surface area contributed by atoms with Crippen molar-refractivity contribution in [3.8, 4) is 12.3 Å². The van der Waals surface area contributed by atoms with Crippen molar-refractivity contribution >= 4 is 13.3 Å². The minimum atomic E-state index is -3.86. The van der Waals surface area contributed by atoms with Gasteiger partial charge in [-0.25, -0.2) is 9.36 Å². The van der Waals surface area contributed by atoms with Gasteiger partial charge < -0.3 is 13.8 Å². The molecule has 0 radical (unpaired) electrons. The molecule has 0 aliphatic heterocycles. The third-order valence-corrected chi connectivity index (χ3v) is 3.64. The van der Waals surface area contributed by atoms with Crippen molar-refractivity contribution in [2.45, 2.75) is 39.5 Å². The Morgan fingerprint density at radius 1 is 1.17 bits per heavy atom. The van der Waals surface area contributed by atoms with Crippen LogP contribution in [-0.4, -0.2) is 25.5 Å². The highest BCUT2D eigenvalue weighted by atomic mass is 31.2. The number of carbonyl (C=O) groups is 1. The van der Waals surface area contributed by atoms with Crippen molar-refractivity contribution < 1.29 is 23.1 Å². The second kappa shape index (κ2) is 10.1. The fourth-order valence-electron chi connectivity index (χ4n) is 0.983. The lowest BCUT2D eigenvalue weighted by Gasteiger charge is -2.16. The molecule has 0 aliphatic rings. The summed E-state index contributed by atoms with van der Waals surface area (Å²) in [5.74, 6) is 2.13. The number of rotatable bonds is 10. The molecule has 104 valence electrons. The molecule has 0 saturated carbocycles. The topological polar surface area (TPSA) is 61.8 Å². The van der Waals surface area contributed by atoms with Crippen molar-refractivity contribution in [3.63, 3.8) is 0 Å². The van der Waals surface area contributed by atoms with Crippen molar-refractivity contribution in [3.05, 3.63) is 0 Å². The summed E-state index contributed by atoms with van der Waals surface area (Å²) in [6, 6.07) is 0. The molecule has 18 heavy (non-hydrogen) atoms. The average molecular weight is 276 g/mol. The number of terminal acetylenes is 1. The van der Waals surface area contributed by atoms with E-state index in [9.17, 15) is 9.36 Å². The van der Waals surface area contributed by atoms with Crippen molar-refractivity contribution in [1.82, 2.24) is 0 Å². The summed E-state index contributed by atoms with van der Waals surface area (Å²) in [5, 5.41) is 0. The lowest BCUT2D eigenvalue weighted by molar-refractivity contribution is 0.153. The van der Waals surface area contributed by atoms with Gasteiger partial charge in [-0.1, -0.05) is 32.6 Å². The SMILES string of the molecule is C#CCOC(=O)P(=O)(OCCCC)OCCCC. The van der Waals surface area contributed by atoms with Gasteiger partial charge in [-0.3, -0.25) is 0 Å². The summed E-state index contributed by atoms with van der Waals surface area (Å²) in [6.45, 7) is 4.08. The van der Waals surface area contributed by atoms with Crippen LogP contribution in [0.15, 0.2) is 0 Å². The van der Waals surface area contributed by atoms with Crippen molar-refractivity contribution in [2.24, 2.45) is 0 Å². The number of ether oxygens (including phenoxy) is 1. The van der Waals surface area contributed by atoms with E-state index in [1.807, 2.05) is 13.8 Å². The van der Waals surface area contributed by atoms with Crippen molar-refractivity contribution in [1.29, 1.82) is 0 Å². The number of hydrogen-bond donors (Lipinski definition) is 0. The summed E-state index contributed by atoms with van der Waals surface area (Å²) in [6.07, 6.45) is 8.10. The molecule has 0 spiro atoms. The van der Waals surface area contributed by atoms with Gasteiger partial charge in [0.2, 0.25) is 0 Å². The van der Waals surface area contributed by atoms with Gasteiger partial charge in [0.1, 0.15) is 0 Å². The minimum Gasteiger partial charge on any atom is -0.443 e. The Balaban J connectivity index is 4.42. The van der Waals surface area contributed by atoms with Crippen LogP contribution >= 0.6 is 7.60 Å². The van der Waals surface area contributed by atoms with Crippen LogP contribution in [0.3, 0.4) is 0 Å². The number of hydrogen-bond acceptors (Lipinski definition) is 5. The largest absolute Gasteiger partial charge is 0.443 e. The molecule has 0 bridgehead atoms. The molecule has 5 nitrogen and oxygen atoms in total. The van der Waals surface area contributed by atoms with Crippen LogP contribution in [0.25, 0.3) is 0 Å². The second-order valence-corrected chi connectivity index (χ2v) is 5.51. The third kappa shape index (κ3) is 6.80. The number of unbranched alkanes of at least 4 members (excludes halogenated alkanes) is 2. The number of carbonyl (C=O) groups excluding carboxylic acids is 1. The molecule has 0 aromatic rings. The lowest BCUT2D eigenvalue weighted by atomic mass is 10.4. The molecule has 0 atom stereocenters. The van der Waals surface area contributed by atoms with Gasteiger partial charge in [0.25, 0.3) is 0 Å². The van der Waals surface area contributed by atoms with Gasteiger partial charge in [0, 0.05) is 0 Å². The maximum Gasteiger partial charge on any atom is 0.438 e. The molecule has 0 amide bonds. The van der Waals surface area contributed by atoms with E-state index in [2.05, 4.69) is 10.7 Å². The Morgan fingerprint density at radius 2 is 1.67 bits per heavy atom. The van der Waals surface area contributed by atoms with Gasteiger partial charge in [0.15, 0.2) is 6.61 Å². The molecular formula is C12H21O5P. The quantitative estimate of drug-likeness (QED) is 0.346. The molecule has 0 fully saturated rings. The molecule has 0 aliphatic carbocycles. The predicted octanol–water partition coefficient (Wildman–Crippen LogP) is 3.58. The van der Waals surface area contributed by atoms with Crippen LogP contribution in [0.5, 0.6) is 0 Å². The van der Waals surface area contributed by atoms with E-state index in [0.29, 0.717) is 12.8 Å². The van der Waals surface area contributed by atoms with E-state index in [1.165, 1.54) is 0 Å². The normalized spacial score (nSPS) is 10.9. The summed E-state index contributed by atoms with van der Waals surface area (Å²) in [4.78, 5) is 11.6. The predicted molar refractivity (Wildman–Crippen MR) is 69.5 cm³/mol. The van der Waals surface area contributed by atoms with Crippen LogP contribution in [0.1, 0.15) is 39.5 Å². The van der Waals surface area contributed by atoms with Gasteiger partial charge in [-0.2, -0.15) is 0 Å². The maximum atomic E-state index is 12.2. The van der Waals surface area contributed by atoms with Crippen LogP contribution in [0.2, 0.25) is 0 Å². The Kier molecular flexibility index (Phi) is 9.67. The molecule has 6 heteroatoms. The third-order valence-electron chi connectivity index (χ3n) is 2.02. The first-order chi connectivity index (χ1) is 8.60. The Bertz CT molecular complexity index is 307. The average Bonchev–Trinajstić information content (AvgIpc) is 2.36. The highest BCUT2D eigenvalue weighted by molar-refractivity contribution is 7.71. The van der Waals surface area contributed by atoms with Crippen LogP contribution in [0.4, 0.5) is 4.79 Å². The highest BCUT2D eigenvalue weighted by Crippen LogP contribution is 2.50. The maximum absolute atomic E-state index is 12.2. The zero-order valence-corrected chi connectivity index (χ0v) is 11.9. The zero-order valence-electron chi connectivity index (χ0n) is 11.0. The molecule has 0 aromatic carbocycles. The smallest absolute Gasteiger partial charge is 0.438 e. The summed E-state index contributed by atoms with van der Waals surface area (Å²) < 4.78 is 26.9. The summed E-state index contributed by atoms with van der Waals surface area (Å²) in [5.41, 5.74) is -1.01. The first-order valence-electron chi connectivity index (χ1n) is 6.10. The molecule has 0 unspecified atom stereocenters. The Hall–Kier alpha value is -0.820. The van der Waals surface area contributed by atoms with Crippen LogP contribution in [-0.2, 0) is 18.3 Å². The standard InChI is InChI=1S/C12H21O5P/c1-4-7-10-16-18(14,17-11-8-5-2)12(13)15-9-6-3/h3H,4-5,7-11H2,1-2H3. The van der Waals surface area contributed by atoms with E-state index >= 15 is 0 Å². The molecule has 0 rings (SSSR count). The van der Waals surface area contributed by atoms with E-state index in [0.717, 1.165) is 12.8 Å². The van der Waals surface area contributed by atoms with Crippen molar-refractivity contribution in [2.75, 3.05) is 19.8 Å². The Morgan fingerprint density at radius 3 is 2.06 bits per heavy atom. The monoisotopic (exact) mass is 276 g/mol. The molecule has 0 saturated heterocycles. The lowest BCUT2D eigenvalue weighted by Crippen LogP contribution is -2.10. The second-order valence-electron chi connectivity index (χ2n) is 3.63. The van der Waals surface area contributed by atoms with Gasteiger partial charge >= 0.3 is 13.3 Å². The van der Waals surface area contributed by atoms with E-state index < -0.39 is 13.3 Å². The summed E-state index contributed by atoms with van der Waals surface area (Å²) in [7, 11) is -3.86. The molecular weight excluding hydrogens is 255 g/mol. The molecule has 0 N–H and O–H groups in total. The molecule has 0 aromatic heterocycles. The van der Waals surface area contributed by atoms with E-state index in [4.69, 9.17) is 15.5 Å². The van der Waals surface area contributed by atoms with Gasteiger partial charge in [-0.15, -0.1) is 6.42 Å². The fourth-order valence-corrected chi connectivity index (χ4v) is 2.23. The minimum absolute atomic E-state index is 0.199. The highest BCUT2D eigenvalue weighted by Gasteiger charge is 2.36. The van der Waals surface area contributed by atoms with Gasteiger partial charge in [-0.05, 0) is 12.8 Å².